The Morgan fingerprint density at radius 2 is 1.95 bits per heavy atom. The van der Waals surface area contributed by atoms with Crippen molar-refractivity contribution in [1.29, 1.82) is 0 Å². The Hall–Kier alpha value is -4.06. The minimum atomic E-state index is -4.70. The number of nitrogens with one attached hydrogen (secondary N) is 3. The molecule has 1 aromatic heterocycles. The lowest BCUT2D eigenvalue weighted by atomic mass is 9.83. The second-order valence-corrected chi connectivity index (χ2v) is 10.4. The van der Waals surface area contributed by atoms with Crippen molar-refractivity contribution in [3.8, 4) is 11.5 Å². The van der Waals surface area contributed by atoms with E-state index in [0.29, 0.717) is 29.8 Å². The molecule has 2 aliphatic rings. The van der Waals surface area contributed by atoms with Crippen molar-refractivity contribution in [2.75, 3.05) is 42.2 Å². The van der Waals surface area contributed by atoms with Gasteiger partial charge in [0.25, 0.3) is 0 Å². The zero-order chi connectivity index (χ0) is 28.5. The zero-order valence-corrected chi connectivity index (χ0v) is 22.2. The molecule has 4 N–H and O–H groups in total. The first-order valence-corrected chi connectivity index (χ1v) is 13.1. The number of halogens is 3. The largest absolute Gasteiger partial charge is 0.506 e. The Balaban J connectivity index is 1.31. The second kappa shape index (κ2) is 10.8. The highest BCUT2D eigenvalue weighted by Crippen LogP contribution is 2.40. The van der Waals surface area contributed by atoms with Crippen LogP contribution in [0.3, 0.4) is 0 Å². The molecule has 3 aromatic rings. The lowest BCUT2D eigenvalue weighted by molar-refractivity contribution is -0.137. The van der Waals surface area contributed by atoms with Gasteiger partial charge in [-0.3, -0.25) is 9.69 Å². The van der Waals surface area contributed by atoms with E-state index in [9.17, 15) is 23.1 Å². The van der Waals surface area contributed by atoms with Gasteiger partial charge in [0.15, 0.2) is 0 Å². The summed E-state index contributed by atoms with van der Waals surface area (Å²) in [6.07, 6.45) is -1.63. The number of hydrogen-bond donors (Lipinski definition) is 4. The summed E-state index contributed by atoms with van der Waals surface area (Å²) < 4.78 is 47.1. The molecule has 0 unspecified atom stereocenters. The van der Waals surface area contributed by atoms with Gasteiger partial charge in [-0.1, -0.05) is 12.1 Å². The number of rotatable bonds is 9. The van der Waals surface area contributed by atoms with Crippen LogP contribution in [-0.4, -0.2) is 52.1 Å². The van der Waals surface area contributed by atoms with Crippen molar-refractivity contribution in [2.24, 2.45) is 0 Å². The standard InChI is InChI=1S/C28H31F3N6O3/c1-27(2)23-17(6-5-7-21(23)34-25(27)39)15-32-24-19(28(29,30)31)16-33-26(36-24)35-20-9-8-18(14-22(20)38)40-13-12-37-10-3-4-11-37/h5-9,14,16,38H,3-4,10-13,15H2,1-2H3,(H,34,39)(H2,32,33,35,36). The van der Waals surface area contributed by atoms with Gasteiger partial charge in [-0.05, 0) is 69.1 Å². The summed E-state index contributed by atoms with van der Waals surface area (Å²) in [6, 6.07) is 9.89. The van der Waals surface area contributed by atoms with E-state index in [4.69, 9.17) is 4.74 Å². The first-order chi connectivity index (χ1) is 19.0. The number of benzene rings is 2. The summed E-state index contributed by atoms with van der Waals surface area (Å²) in [5.74, 6) is -0.426. The maximum atomic E-state index is 13.8. The van der Waals surface area contributed by atoms with Crippen molar-refractivity contribution in [1.82, 2.24) is 14.9 Å². The van der Waals surface area contributed by atoms with Gasteiger partial charge in [0.1, 0.15) is 29.5 Å². The molecular weight excluding hydrogens is 525 g/mol. The molecule has 3 heterocycles. The number of alkyl halides is 3. The number of ether oxygens (including phenoxy) is 1. The Bertz CT molecular complexity index is 1410. The maximum Gasteiger partial charge on any atom is 0.421 e. The molecule has 0 saturated carbocycles. The van der Waals surface area contributed by atoms with Gasteiger partial charge in [-0.25, -0.2) is 4.98 Å². The number of nitrogens with zero attached hydrogens (tertiary/aromatic N) is 3. The molecule has 1 saturated heterocycles. The molecule has 0 atom stereocenters. The van der Waals surface area contributed by atoms with Gasteiger partial charge >= 0.3 is 6.18 Å². The molecule has 5 rings (SSSR count). The summed E-state index contributed by atoms with van der Waals surface area (Å²) in [7, 11) is 0. The molecule has 0 radical (unpaired) electrons. The Kier molecular flexibility index (Phi) is 7.45. The first kappa shape index (κ1) is 27.5. The molecule has 0 bridgehead atoms. The molecular formula is C28H31F3N6O3. The number of phenolic OH excluding ortho intramolecular Hbond substituents is 1. The summed E-state index contributed by atoms with van der Waals surface area (Å²) in [5.41, 5.74) is 0.367. The minimum Gasteiger partial charge on any atom is -0.506 e. The SMILES string of the molecule is CC1(C)C(=O)Nc2cccc(CNc3nc(Nc4ccc(OCCN5CCCC5)cc4O)ncc3C(F)(F)F)c21. The molecule has 0 aliphatic carbocycles. The van der Waals surface area contributed by atoms with Crippen LogP contribution in [-0.2, 0) is 22.9 Å². The lowest BCUT2D eigenvalue weighted by Crippen LogP contribution is -2.28. The van der Waals surface area contributed by atoms with E-state index in [0.717, 1.165) is 25.2 Å². The smallest absolute Gasteiger partial charge is 0.421 e. The number of phenols is 1. The van der Waals surface area contributed by atoms with E-state index < -0.39 is 23.0 Å². The van der Waals surface area contributed by atoms with Crippen molar-refractivity contribution < 1.29 is 27.8 Å². The molecule has 12 heteroatoms. The third-order valence-corrected chi connectivity index (χ3v) is 7.22. The molecule has 1 fully saturated rings. The van der Waals surface area contributed by atoms with Crippen LogP contribution < -0.4 is 20.7 Å². The number of carbonyl (C=O) groups is 1. The van der Waals surface area contributed by atoms with Gasteiger partial charge in [-0.15, -0.1) is 0 Å². The quantitative estimate of drug-likeness (QED) is 0.264. The van der Waals surface area contributed by atoms with Crippen LogP contribution in [0.4, 0.5) is 36.3 Å². The predicted molar refractivity (Wildman–Crippen MR) is 145 cm³/mol. The third-order valence-electron chi connectivity index (χ3n) is 7.22. The van der Waals surface area contributed by atoms with Crippen LogP contribution >= 0.6 is 0 Å². The number of carbonyl (C=O) groups excluding carboxylic acids is 1. The van der Waals surface area contributed by atoms with Gasteiger partial charge < -0.3 is 25.8 Å². The van der Waals surface area contributed by atoms with Crippen LogP contribution in [0.2, 0.25) is 0 Å². The van der Waals surface area contributed by atoms with E-state index in [-0.39, 0.29) is 29.8 Å². The van der Waals surface area contributed by atoms with Gasteiger partial charge in [0.05, 0.1) is 11.1 Å². The highest BCUT2D eigenvalue weighted by Gasteiger charge is 2.40. The van der Waals surface area contributed by atoms with E-state index in [2.05, 4.69) is 30.8 Å². The predicted octanol–water partition coefficient (Wildman–Crippen LogP) is 5.26. The van der Waals surface area contributed by atoms with Gasteiger partial charge in [0.2, 0.25) is 11.9 Å². The van der Waals surface area contributed by atoms with Crippen LogP contribution in [0.5, 0.6) is 11.5 Å². The summed E-state index contributed by atoms with van der Waals surface area (Å²) >= 11 is 0. The van der Waals surface area contributed by atoms with Crippen LogP contribution in [0.1, 0.15) is 43.4 Å². The maximum absolute atomic E-state index is 13.8. The minimum absolute atomic E-state index is 0.00416. The Morgan fingerprint density at radius 1 is 1.18 bits per heavy atom. The van der Waals surface area contributed by atoms with E-state index >= 15 is 0 Å². The number of anilines is 4. The normalized spacial score (nSPS) is 16.5. The topological polar surface area (TPSA) is 112 Å². The zero-order valence-electron chi connectivity index (χ0n) is 22.2. The van der Waals surface area contributed by atoms with E-state index in [1.807, 2.05) is 0 Å². The molecule has 1 amide bonds. The number of likely N-dealkylation sites (tertiary alicyclic amines) is 1. The summed E-state index contributed by atoms with van der Waals surface area (Å²) in [5, 5.41) is 18.9. The highest BCUT2D eigenvalue weighted by molar-refractivity contribution is 6.06. The molecule has 2 aliphatic heterocycles. The molecule has 212 valence electrons. The fraction of sp³-hybridized carbons (Fsp3) is 0.393. The monoisotopic (exact) mass is 556 g/mol. The fourth-order valence-electron chi connectivity index (χ4n) is 5.07. The number of aromatic nitrogens is 2. The van der Waals surface area contributed by atoms with Gasteiger partial charge in [0, 0.05) is 31.0 Å². The second-order valence-electron chi connectivity index (χ2n) is 10.4. The lowest BCUT2D eigenvalue weighted by Gasteiger charge is -2.20. The molecule has 0 spiro atoms. The van der Waals surface area contributed by atoms with Crippen LogP contribution in [0.25, 0.3) is 0 Å². The van der Waals surface area contributed by atoms with Crippen LogP contribution in [0, 0.1) is 0 Å². The van der Waals surface area contributed by atoms with Crippen molar-refractivity contribution in [3.63, 3.8) is 0 Å². The number of hydrogen-bond acceptors (Lipinski definition) is 8. The average Bonchev–Trinajstić information content (AvgIpc) is 3.49. The molecule has 40 heavy (non-hydrogen) atoms. The third kappa shape index (κ3) is 5.76. The number of fused-ring (bicyclic) bond motifs is 1. The molecule has 2 aromatic carbocycles. The van der Waals surface area contributed by atoms with Crippen molar-refractivity contribution in [3.05, 3.63) is 59.3 Å². The number of aromatic hydroxyl groups is 1. The average molecular weight is 557 g/mol. The summed E-state index contributed by atoms with van der Waals surface area (Å²) in [6.45, 7) is 6.93. The Labute approximate surface area is 229 Å². The Morgan fingerprint density at radius 3 is 2.67 bits per heavy atom. The summed E-state index contributed by atoms with van der Waals surface area (Å²) in [4.78, 5) is 22.6. The van der Waals surface area contributed by atoms with Crippen LogP contribution in [0.15, 0.2) is 42.6 Å². The van der Waals surface area contributed by atoms with Crippen molar-refractivity contribution in [2.45, 2.75) is 44.8 Å². The highest BCUT2D eigenvalue weighted by atomic mass is 19.4. The fourth-order valence-corrected chi connectivity index (χ4v) is 5.07. The van der Waals surface area contributed by atoms with E-state index in [1.54, 1.807) is 44.2 Å². The first-order valence-electron chi connectivity index (χ1n) is 13.1. The van der Waals surface area contributed by atoms with Crippen molar-refractivity contribution >= 4 is 29.0 Å². The van der Waals surface area contributed by atoms with Gasteiger partial charge in [-0.2, -0.15) is 18.2 Å². The molecule has 9 nitrogen and oxygen atoms in total. The van der Waals surface area contributed by atoms with E-state index in [1.165, 1.54) is 18.9 Å². The number of amides is 1.